The van der Waals surface area contributed by atoms with Crippen LogP contribution in [0.3, 0.4) is 0 Å². The first-order valence-corrected chi connectivity index (χ1v) is 8.68. The summed E-state index contributed by atoms with van der Waals surface area (Å²) in [5, 5.41) is 3.95. The average Bonchev–Trinajstić information content (AvgIpc) is 2.72. The second-order valence-corrected chi connectivity index (χ2v) is 6.29. The Morgan fingerprint density at radius 2 is 1.82 bits per heavy atom. The molecule has 0 saturated heterocycles. The second kappa shape index (κ2) is 7.32. The predicted molar refractivity (Wildman–Crippen MR) is 108 cm³/mol. The number of carbonyl (C=O) groups excluding carboxylic acids is 1. The summed E-state index contributed by atoms with van der Waals surface area (Å²) in [5.74, 6) is 0.0218. The molecule has 28 heavy (non-hydrogen) atoms. The molecule has 4 N–H and O–H groups in total. The Hall–Kier alpha value is -4.00. The maximum absolute atomic E-state index is 11.8. The van der Waals surface area contributed by atoms with Gasteiger partial charge in [0.2, 0.25) is 5.91 Å². The van der Waals surface area contributed by atoms with Gasteiger partial charge < -0.3 is 11.1 Å². The number of nitrogens with one attached hydrogen (secondary N) is 2. The molecule has 2 aromatic carbocycles. The molecule has 0 aliphatic carbocycles. The molecule has 0 unspecified atom stereocenters. The van der Waals surface area contributed by atoms with E-state index in [-0.39, 0.29) is 0 Å². The van der Waals surface area contributed by atoms with E-state index >= 15 is 0 Å². The topological polar surface area (TPSA) is 114 Å². The van der Waals surface area contributed by atoms with Crippen LogP contribution in [0.15, 0.2) is 71.7 Å². The van der Waals surface area contributed by atoms with Gasteiger partial charge in [0.15, 0.2) is 0 Å². The summed E-state index contributed by atoms with van der Waals surface area (Å²) in [6.07, 6.45) is 1.62. The summed E-state index contributed by atoms with van der Waals surface area (Å²) in [5.41, 5.74) is 8.74. The summed E-state index contributed by atoms with van der Waals surface area (Å²) in [6, 6.07) is 18.7. The number of rotatable bonds is 5. The molecule has 4 aromatic rings. The first-order chi connectivity index (χ1) is 13.6. The van der Waals surface area contributed by atoms with Crippen LogP contribution in [0, 0.1) is 0 Å². The van der Waals surface area contributed by atoms with Gasteiger partial charge >= 0.3 is 5.69 Å². The summed E-state index contributed by atoms with van der Waals surface area (Å²) in [4.78, 5) is 34.0. The van der Waals surface area contributed by atoms with Gasteiger partial charge in [0.05, 0.1) is 5.39 Å². The van der Waals surface area contributed by atoms with E-state index in [1.807, 2.05) is 36.4 Å². The van der Waals surface area contributed by atoms with E-state index in [1.165, 1.54) is 0 Å². The van der Waals surface area contributed by atoms with Crippen LogP contribution in [-0.2, 0) is 6.54 Å². The fourth-order valence-electron chi connectivity index (χ4n) is 3.02. The van der Waals surface area contributed by atoms with Crippen molar-refractivity contribution in [1.82, 2.24) is 15.0 Å². The number of hydrogen-bond donors (Lipinski definition) is 3. The molecular formula is C21H17N5O2. The fourth-order valence-corrected chi connectivity index (χ4v) is 3.02. The van der Waals surface area contributed by atoms with Crippen molar-refractivity contribution in [3.8, 4) is 11.1 Å². The molecule has 7 heteroatoms. The van der Waals surface area contributed by atoms with E-state index in [9.17, 15) is 9.59 Å². The van der Waals surface area contributed by atoms with Gasteiger partial charge in [0.1, 0.15) is 11.5 Å². The van der Waals surface area contributed by atoms with Crippen molar-refractivity contribution in [2.24, 2.45) is 5.73 Å². The van der Waals surface area contributed by atoms with Crippen molar-refractivity contribution in [3.63, 3.8) is 0 Å². The third-order valence-electron chi connectivity index (χ3n) is 4.37. The van der Waals surface area contributed by atoms with Crippen molar-refractivity contribution in [2.45, 2.75) is 6.54 Å². The summed E-state index contributed by atoms with van der Waals surface area (Å²) in [7, 11) is 0. The number of benzene rings is 2. The molecule has 0 spiro atoms. The Morgan fingerprint density at radius 3 is 2.64 bits per heavy atom. The van der Waals surface area contributed by atoms with Crippen molar-refractivity contribution >= 4 is 22.8 Å². The lowest BCUT2D eigenvalue weighted by Gasteiger charge is -2.10. The van der Waals surface area contributed by atoms with Crippen molar-refractivity contribution in [2.75, 3.05) is 5.32 Å². The Kier molecular flexibility index (Phi) is 4.55. The summed E-state index contributed by atoms with van der Waals surface area (Å²) >= 11 is 0. The van der Waals surface area contributed by atoms with Crippen LogP contribution < -0.4 is 16.7 Å². The molecule has 0 radical (unpaired) electrons. The van der Waals surface area contributed by atoms with Gasteiger partial charge in [-0.15, -0.1) is 0 Å². The van der Waals surface area contributed by atoms with Gasteiger partial charge in [0, 0.05) is 18.3 Å². The molecule has 0 aliphatic heterocycles. The minimum absolute atomic E-state index is 0.453. The first kappa shape index (κ1) is 17.4. The number of aromatic nitrogens is 3. The molecule has 2 aromatic heterocycles. The number of nitrogens with two attached hydrogens (primary N) is 1. The molecule has 4 rings (SSSR count). The molecule has 7 nitrogen and oxygen atoms in total. The van der Waals surface area contributed by atoms with Gasteiger partial charge in [-0.1, -0.05) is 30.3 Å². The van der Waals surface area contributed by atoms with Crippen molar-refractivity contribution < 1.29 is 4.79 Å². The van der Waals surface area contributed by atoms with Crippen molar-refractivity contribution in [1.29, 1.82) is 0 Å². The average molecular weight is 371 g/mol. The lowest BCUT2D eigenvalue weighted by Crippen LogP contribution is -2.14. The highest BCUT2D eigenvalue weighted by Gasteiger charge is 2.07. The van der Waals surface area contributed by atoms with E-state index in [4.69, 9.17) is 5.73 Å². The van der Waals surface area contributed by atoms with Crippen LogP contribution >= 0.6 is 0 Å². The quantitative estimate of drug-likeness (QED) is 0.499. The zero-order chi connectivity index (χ0) is 19.5. The zero-order valence-electron chi connectivity index (χ0n) is 14.8. The highest BCUT2D eigenvalue weighted by molar-refractivity contribution is 5.94. The normalized spacial score (nSPS) is 10.7. The van der Waals surface area contributed by atoms with Gasteiger partial charge in [-0.05, 0) is 47.0 Å². The standard InChI is InChI=1S/C21H17N5O2/c22-18(27)16-7-2-6-15(11-16)14-5-1-4-13(10-14)12-24-20-17-8-3-9-23-19(17)25-21(28)26-20/h1-11H,12H2,(H2,22,27)(H2,23,24,25,26,28). The third kappa shape index (κ3) is 3.59. The van der Waals surface area contributed by atoms with E-state index in [0.717, 1.165) is 22.1 Å². The third-order valence-corrected chi connectivity index (χ3v) is 4.37. The molecule has 0 bridgehead atoms. The minimum Gasteiger partial charge on any atom is -0.366 e. The highest BCUT2D eigenvalue weighted by atomic mass is 16.1. The second-order valence-electron chi connectivity index (χ2n) is 6.29. The number of carbonyl (C=O) groups is 1. The summed E-state index contributed by atoms with van der Waals surface area (Å²) < 4.78 is 0. The zero-order valence-corrected chi connectivity index (χ0v) is 14.8. The molecule has 0 atom stereocenters. The number of nitrogens with zero attached hydrogens (tertiary/aromatic N) is 2. The van der Waals surface area contributed by atoms with E-state index in [1.54, 1.807) is 30.5 Å². The Labute approximate surface area is 160 Å². The number of amides is 1. The Bertz CT molecular complexity index is 1230. The maximum atomic E-state index is 11.8. The van der Waals surface area contributed by atoms with Crippen LogP contribution in [0.1, 0.15) is 15.9 Å². The van der Waals surface area contributed by atoms with Crippen LogP contribution in [0.4, 0.5) is 5.82 Å². The number of aromatic amines is 1. The van der Waals surface area contributed by atoms with Crippen LogP contribution in [-0.4, -0.2) is 20.9 Å². The molecule has 0 aliphatic rings. The van der Waals surface area contributed by atoms with Gasteiger partial charge in [-0.25, -0.2) is 9.78 Å². The number of hydrogen-bond acceptors (Lipinski definition) is 5. The monoisotopic (exact) mass is 371 g/mol. The Morgan fingerprint density at radius 1 is 1.04 bits per heavy atom. The maximum Gasteiger partial charge on any atom is 0.348 e. The van der Waals surface area contributed by atoms with Crippen LogP contribution in [0.25, 0.3) is 22.2 Å². The first-order valence-electron chi connectivity index (χ1n) is 8.68. The molecule has 138 valence electrons. The lowest BCUT2D eigenvalue weighted by atomic mass is 10.0. The Balaban J connectivity index is 1.61. The number of primary amides is 1. The lowest BCUT2D eigenvalue weighted by molar-refractivity contribution is 0.100. The summed E-state index contributed by atoms with van der Waals surface area (Å²) in [6.45, 7) is 0.476. The van der Waals surface area contributed by atoms with Crippen LogP contribution in [0.5, 0.6) is 0 Å². The predicted octanol–water partition coefficient (Wildman–Crippen LogP) is 2.70. The fraction of sp³-hybridized carbons (Fsp3) is 0.0476. The molecular weight excluding hydrogens is 354 g/mol. The van der Waals surface area contributed by atoms with Crippen molar-refractivity contribution in [3.05, 3.63) is 88.5 Å². The number of pyridine rings is 1. The van der Waals surface area contributed by atoms with E-state index < -0.39 is 11.6 Å². The smallest absolute Gasteiger partial charge is 0.348 e. The molecule has 0 fully saturated rings. The van der Waals surface area contributed by atoms with Gasteiger partial charge in [-0.3, -0.25) is 9.78 Å². The van der Waals surface area contributed by atoms with E-state index in [0.29, 0.717) is 23.6 Å². The highest BCUT2D eigenvalue weighted by Crippen LogP contribution is 2.22. The SMILES string of the molecule is NC(=O)c1cccc(-c2cccc(CNc3nc(=O)[nH]c4ncccc34)c2)c1. The van der Waals surface area contributed by atoms with Gasteiger partial charge in [-0.2, -0.15) is 4.98 Å². The number of H-pyrrole nitrogens is 1. The van der Waals surface area contributed by atoms with E-state index in [2.05, 4.69) is 20.3 Å². The molecule has 0 saturated carbocycles. The number of anilines is 1. The number of fused-ring (bicyclic) bond motifs is 1. The van der Waals surface area contributed by atoms with Gasteiger partial charge in [0.25, 0.3) is 0 Å². The molecule has 2 heterocycles. The largest absolute Gasteiger partial charge is 0.366 e. The van der Waals surface area contributed by atoms with Crippen LogP contribution in [0.2, 0.25) is 0 Å². The molecule has 1 amide bonds. The minimum atomic E-state index is -0.458.